The van der Waals surface area contributed by atoms with Gasteiger partial charge in [0.15, 0.2) is 0 Å². The molecule has 1 N–H and O–H groups in total. The summed E-state index contributed by atoms with van der Waals surface area (Å²) in [4.78, 5) is 26.5. The first-order valence-corrected chi connectivity index (χ1v) is 5.78. The van der Waals surface area contributed by atoms with Crippen molar-refractivity contribution in [1.29, 1.82) is 0 Å². The molecule has 0 unspecified atom stereocenters. The number of nitrogens with zero attached hydrogens (tertiary/aromatic N) is 2. The first-order valence-electron chi connectivity index (χ1n) is 5.78. The highest BCUT2D eigenvalue weighted by molar-refractivity contribution is 5.75. The van der Waals surface area contributed by atoms with Crippen LogP contribution in [0.1, 0.15) is 38.8 Å². The van der Waals surface area contributed by atoms with Gasteiger partial charge in [-0.25, -0.2) is 14.3 Å². The summed E-state index contributed by atoms with van der Waals surface area (Å²) >= 11 is 0. The van der Waals surface area contributed by atoms with Crippen LogP contribution < -0.4 is 0 Å². The van der Waals surface area contributed by atoms with E-state index in [1.807, 2.05) is 0 Å². The van der Waals surface area contributed by atoms with Crippen molar-refractivity contribution in [3.05, 3.63) is 18.2 Å². The Morgan fingerprint density at radius 3 is 2.67 bits per heavy atom. The Labute approximate surface area is 105 Å². The molecule has 0 aromatic carbocycles. The molecule has 0 aliphatic heterocycles. The van der Waals surface area contributed by atoms with Gasteiger partial charge < -0.3 is 9.84 Å². The van der Waals surface area contributed by atoms with Crippen molar-refractivity contribution in [2.45, 2.75) is 38.7 Å². The van der Waals surface area contributed by atoms with Gasteiger partial charge in [-0.15, -0.1) is 0 Å². The number of carboxylic acids is 1. The second kappa shape index (κ2) is 4.12. The number of aliphatic carboxylic acids is 1. The van der Waals surface area contributed by atoms with E-state index in [-0.39, 0.29) is 11.8 Å². The van der Waals surface area contributed by atoms with E-state index < -0.39 is 17.7 Å². The normalized spacial score (nSPS) is 22.6. The Bertz CT molecular complexity index is 487. The van der Waals surface area contributed by atoms with Gasteiger partial charge in [-0.05, 0) is 27.2 Å². The first-order chi connectivity index (χ1) is 8.28. The molecule has 1 heterocycles. The lowest BCUT2D eigenvalue weighted by molar-refractivity contribution is -0.138. The average Bonchev–Trinajstić information content (AvgIpc) is 2.86. The third kappa shape index (κ3) is 2.69. The number of carbonyl (C=O) groups excluding carboxylic acids is 1. The van der Waals surface area contributed by atoms with Crippen molar-refractivity contribution in [3.8, 4) is 0 Å². The van der Waals surface area contributed by atoms with Gasteiger partial charge in [0.2, 0.25) is 0 Å². The second-order valence-corrected chi connectivity index (χ2v) is 5.47. The number of hydrogen-bond donors (Lipinski definition) is 1. The number of imidazole rings is 1. The van der Waals surface area contributed by atoms with Gasteiger partial charge in [0.05, 0.1) is 11.6 Å². The summed E-state index contributed by atoms with van der Waals surface area (Å²) in [5.74, 6) is -1.26. The molecule has 0 amide bonds. The minimum atomic E-state index is -0.813. The lowest BCUT2D eigenvalue weighted by Crippen LogP contribution is -2.26. The molecule has 6 heteroatoms. The Morgan fingerprint density at radius 1 is 1.50 bits per heavy atom. The molecule has 2 rings (SSSR count). The zero-order chi connectivity index (χ0) is 13.5. The fourth-order valence-corrected chi connectivity index (χ4v) is 1.74. The third-order valence-electron chi connectivity index (χ3n) is 2.69. The number of carboxylic acid groups (broad SMARTS) is 1. The van der Waals surface area contributed by atoms with Gasteiger partial charge in [0.1, 0.15) is 11.9 Å². The molecule has 0 spiro atoms. The maximum atomic E-state index is 11.7. The van der Waals surface area contributed by atoms with Gasteiger partial charge in [0, 0.05) is 12.1 Å². The van der Waals surface area contributed by atoms with Gasteiger partial charge in [-0.3, -0.25) is 4.79 Å². The van der Waals surface area contributed by atoms with Crippen molar-refractivity contribution >= 4 is 12.1 Å². The molecule has 6 nitrogen and oxygen atoms in total. The van der Waals surface area contributed by atoms with Crippen molar-refractivity contribution in [1.82, 2.24) is 9.55 Å². The highest BCUT2D eigenvalue weighted by atomic mass is 16.6. The molecule has 18 heavy (non-hydrogen) atoms. The Hall–Kier alpha value is -1.85. The summed E-state index contributed by atoms with van der Waals surface area (Å²) in [7, 11) is 0. The van der Waals surface area contributed by atoms with E-state index in [1.165, 1.54) is 10.9 Å². The van der Waals surface area contributed by atoms with E-state index >= 15 is 0 Å². The SMILES string of the molecule is CC(C)(C)OC(=O)n1cnc([C@@H]2C[C@H]2C(=O)O)c1. The molecule has 1 aromatic rings. The molecule has 1 aliphatic rings. The highest BCUT2D eigenvalue weighted by Crippen LogP contribution is 2.46. The Balaban J connectivity index is 2.03. The zero-order valence-corrected chi connectivity index (χ0v) is 10.6. The third-order valence-corrected chi connectivity index (χ3v) is 2.69. The van der Waals surface area contributed by atoms with E-state index in [4.69, 9.17) is 9.84 Å². The minimum Gasteiger partial charge on any atom is -0.481 e. The van der Waals surface area contributed by atoms with Crippen molar-refractivity contribution in [2.75, 3.05) is 0 Å². The first kappa shape index (κ1) is 12.6. The van der Waals surface area contributed by atoms with E-state index in [9.17, 15) is 9.59 Å². The van der Waals surface area contributed by atoms with Crippen LogP contribution in [0.3, 0.4) is 0 Å². The van der Waals surface area contributed by atoms with E-state index in [2.05, 4.69) is 4.98 Å². The van der Waals surface area contributed by atoms with Crippen LogP contribution in [0.15, 0.2) is 12.5 Å². The van der Waals surface area contributed by atoms with E-state index in [0.717, 1.165) is 0 Å². The van der Waals surface area contributed by atoms with Gasteiger partial charge in [-0.2, -0.15) is 0 Å². The van der Waals surface area contributed by atoms with Gasteiger partial charge in [-0.1, -0.05) is 0 Å². The average molecular weight is 252 g/mol. The topological polar surface area (TPSA) is 81.4 Å². The quantitative estimate of drug-likeness (QED) is 0.868. The number of carbonyl (C=O) groups is 2. The van der Waals surface area contributed by atoms with Crippen LogP contribution in [0.25, 0.3) is 0 Å². The summed E-state index contributed by atoms with van der Waals surface area (Å²) in [5.41, 5.74) is 0.0679. The predicted molar refractivity (Wildman–Crippen MR) is 62.3 cm³/mol. The van der Waals surface area contributed by atoms with Crippen molar-refractivity contribution in [2.24, 2.45) is 5.92 Å². The summed E-state index contributed by atoms with van der Waals surface area (Å²) < 4.78 is 6.43. The van der Waals surface area contributed by atoms with E-state index in [1.54, 1.807) is 27.0 Å². The van der Waals surface area contributed by atoms with Crippen LogP contribution in [0.2, 0.25) is 0 Å². The fraction of sp³-hybridized carbons (Fsp3) is 0.583. The van der Waals surface area contributed by atoms with Crippen molar-refractivity contribution < 1.29 is 19.4 Å². The molecule has 1 aromatic heterocycles. The van der Waals surface area contributed by atoms with Crippen LogP contribution in [-0.4, -0.2) is 32.3 Å². The molecule has 0 radical (unpaired) electrons. The molecular formula is C12H16N2O4. The lowest BCUT2D eigenvalue weighted by Gasteiger charge is -2.19. The molecule has 98 valence electrons. The maximum absolute atomic E-state index is 11.7. The number of ether oxygens (including phenoxy) is 1. The fourth-order valence-electron chi connectivity index (χ4n) is 1.74. The van der Waals surface area contributed by atoms with Gasteiger partial charge >= 0.3 is 12.1 Å². The predicted octanol–water partition coefficient (Wildman–Crippen LogP) is 1.85. The molecular weight excluding hydrogens is 236 g/mol. The zero-order valence-electron chi connectivity index (χ0n) is 10.6. The number of hydrogen-bond acceptors (Lipinski definition) is 4. The summed E-state index contributed by atoms with van der Waals surface area (Å²) in [6.45, 7) is 5.35. The maximum Gasteiger partial charge on any atom is 0.419 e. The standard InChI is InChI=1S/C12H16N2O4/c1-12(2,3)18-11(17)14-5-9(13-6-14)7-4-8(7)10(15)16/h5-8H,4H2,1-3H3,(H,15,16)/t7-,8-/m1/s1. The van der Waals surface area contributed by atoms with Crippen LogP contribution >= 0.6 is 0 Å². The van der Waals surface area contributed by atoms with Crippen LogP contribution in [-0.2, 0) is 9.53 Å². The molecule has 0 saturated heterocycles. The monoisotopic (exact) mass is 252 g/mol. The highest BCUT2D eigenvalue weighted by Gasteiger charge is 2.45. The Kier molecular flexibility index (Phi) is 2.88. The summed E-state index contributed by atoms with van der Waals surface area (Å²) in [6.07, 6.45) is 2.98. The number of aromatic nitrogens is 2. The molecule has 1 aliphatic carbocycles. The second-order valence-electron chi connectivity index (χ2n) is 5.47. The largest absolute Gasteiger partial charge is 0.481 e. The minimum absolute atomic E-state index is 0.0776. The molecule has 1 fully saturated rings. The van der Waals surface area contributed by atoms with Crippen LogP contribution in [0, 0.1) is 5.92 Å². The summed E-state index contributed by atoms with van der Waals surface area (Å²) in [6, 6.07) is 0. The Morgan fingerprint density at radius 2 is 2.17 bits per heavy atom. The molecule has 0 bridgehead atoms. The summed E-state index contributed by atoms with van der Waals surface area (Å²) in [5, 5.41) is 8.83. The van der Waals surface area contributed by atoms with Crippen LogP contribution in [0.5, 0.6) is 0 Å². The molecule has 2 atom stereocenters. The van der Waals surface area contributed by atoms with Crippen molar-refractivity contribution in [3.63, 3.8) is 0 Å². The van der Waals surface area contributed by atoms with Crippen LogP contribution in [0.4, 0.5) is 4.79 Å². The van der Waals surface area contributed by atoms with E-state index in [0.29, 0.717) is 12.1 Å². The molecule has 1 saturated carbocycles. The lowest BCUT2D eigenvalue weighted by atomic mass is 10.2. The smallest absolute Gasteiger partial charge is 0.419 e. The number of rotatable bonds is 2. The van der Waals surface area contributed by atoms with Gasteiger partial charge in [0.25, 0.3) is 0 Å².